The molecule has 0 unspecified atom stereocenters. The van der Waals surface area contributed by atoms with E-state index in [0.717, 1.165) is 35.4 Å². The molecule has 0 spiro atoms. The van der Waals surface area contributed by atoms with Gasteiger partial charge in [0, 0.05) is 11.1 Å². The number of nitrogens with zero attached hydrogens (tertiary/aromatic N) is 1. The fraction of sp³-hybridized carbons (Fsp3) is 0.125. The number of hydrogen-bond donors (Lipinski definition) is 0. The van der Waals surface area contributed by atoms with Crippen molar-refractivity contribution < 1.29 is 0 Å². The first-order valence-electron chi connectivity index (χ1n) is 8.81. The summed E-state index contributed by atoms with van der Waals surface area (Å²) in [5, 5.41) is 0. The second kappa shape index (κ2) is 6.90. The summed E-state index contributed by atoms with van der Waals surface area (Å²) in [5.41, 5.74) is 8.15. The number of benzene rings is 2. The highest BCUT2D eigenvalue weighted by atomic mass is 14.7. The van der Waals surface area contributed by atoms with Gasteiger partial charge in [-0.3, -0.25) is 0 Å². The van der Waals surface area contributed by atoms with E-state index in [2.05, 4.69) is 85.8 Å². The number of allylic oxidation sites excluding steroid dienone is 4. The highest BCUT2D eigenvalue weighted by Crippen LogP contribution is 2.30. The molecule has 1 aliphatic rings. The van der Waals surface area contributed by atoms with Crippen molar-refractivity contribution in [1.82, 2.24) is 4.98 Å². The smallest absolute Gasteiger partial charge is 0.0715 e. The molecular weight excluding hydrogens is 302 g/mol. The van der Waals surface area contributed by atoms with Crippen LogP contribution in [-0.2, 0) is 0 Å². The first-order valence-corrected chi connectivity index (χ1v) is 8.81. The molecule has 0 bridgehead atoms. The van der Waals surface area contributed by atoms with Crippen LogP contribution in [0.1, 0.15) is 24.0 Å². The normalized spacial score (nSPS) is 13.6. The van der Waals surface area contributed by atoms with Gasteiger partial charge in [0.05, 0.1) is 11.4 Å². The maximum atomic E-state index is 4.95. The summed E-state index contributed by atoms with van der Waals surface area (Å²) >= 11 is 0. The number of aryl methyl sites for hydroxylation is 1. The zero-order valence-electron chi connectivity index (χ0n) is 14.4. The maximum absolute atomic E-state index is 4.95. The van der Waals surface area contributed by atoms with Gasteiger partial charge in [-0.25, -0.2) is 4.98 Å². The predicted molar refractivity (Wildman–Crippen MR) is 106 cm³/mol. The monoisotopic (exact) mass is 323 g/mol. The maximum Gasteiger partial charge on any atom is 0.0715 e. The largest absolute Gasteiger partial charge is 0.248 e. The zero-order chi connectivity index (χ0) is 17.1. The second-order valence-corrected chi connectivity index (χ2v) is 6.50. The molecular formula is C24H21N. The minimum atomic E-state index is 1.02. The first-order chi connectivity index (χ1) is 12.3. The van der Waals surface area contributed by atoms with Gasteiger partial charge >= 0.3 is 0 Å². The number of rotatable bonds is 3. The molecule has 0 fully saturated rings. The molecule has 0 atom stereocenters. The van der Waals surface area contributed by atoms with E-state index in [4.69, 9.17) is 4.98 Å². The van der Waals surface area contributed by atoms with Crippen molar-refractivity contribution in [2.45, 2.75) is 19.8 Å². The highest BCUT2D eigenvalue weighted by Gasteiger charge is 2.10. The highest BCUT2D eigenvalue weighted by molar-refractivity contribution is 5.80. The van der Waals surface area contributed by atoms with E-state index >= 15 is 0 Å². The van der Waals surface area contributed by atoms with E-state index in [1.165, 1.54) is 16.7 Å². The second-order valence-electron chi connectivity index (χ2n) is 6.50. The Morgan fingerprint density at radius 3 is 2.04 bits per heavy atom. The van der Waals surface area contributed by atoms with Crippen LogP contribution in [0.25, 0.3) is 28.1 Å². The Morgan fingerprint density at radius 2 is 1.40 bits per heavy atom. The van der Waals surface area contributed by atoms with E-state index in [-0.39, 0.29) is 0 Å². The van der Waals surface area contributed by atoms with Crippen LogP contribution in [0.2, 0.25) is 0 Å². The Balaban J connectivity index is 1.87. The molecule has 4 rings (SSSR count). The summed E-state index contributed by atoms with van der Waals surface area (Å²) in [5.74, 6) is 0. The summed E-state index contributed by atoms with van der Waals surface area (Å²) in [7, 11) is 0. The molecule has 1 nitrogen and oxygen atoms in total. The molecule has 1 aliphatic carbocycles. The van der Waals surface area contributed by atoms with Crippen LogP contribution in [0, 0.1) is 6.92 Å². The molecule has 0 N–H and O–H groups in total. The van der Waals surface area contributed by atoms with Crippen LogP contribution < -0.4 is 0 Å². The van der Waals surface area contributed by atoms with Gasteiger partial charge in [-0.1, -0.05) is 78.4 Å². The molecule has 1 heterocycles. The number of aromatic nitrogens is 1. The topological polar surface area (TPSA) is 12.9 Å². The van der Waals surface area contributed by atoms with Gasteiger partial charge in [0.25, 0.3) is 0 Å². The number of pyridine rings is 1. The lowest BCUT2D eigenvalue weighted by molar-refractivity contribution is 1.04. The first kappa shape index (κ1) is 15.6. The van der Waals surface area contributed by atoms with E-state index in [0.29, 0.717) is 0 Å². The molecule has 2 aromatic carbocycles. The molecule has 0 saturated heterocycles. The molecule has 0 aliphatic heterocycles. The van der Waals surface area contributed by atoms with Crippen LogP contribution in [0.4, 0.5) is 0 Å². The molecule has 0 amide bonds. The average molecular weight is 323 g/mol. The Morgan fingerprint density at radius 1 is 0.720 bits per heavy atom. The standard InChI is InChI=1S/C24H21N/c1-18-12-14-21(15-13-18)24-17-22(19-8-4-2-5-9-19)16-23(25-24)20-10-6-3-7-11-20/h3-4,6-17H,2,5H2,1H3. The van der Waals surface area contributed by atoms with Crippen molar-refractivity contribution in [3.8, 4) is 22.5 Å². The van der Waals surface area contributed by atoms with Gasteiger partial charge in [0.1, 0.15) is 0 Å². The third kappa shape index (κ3) is 3.46. The SMILES string of the molecule is Cc1ccc(-c2cc(C3=CCCC=C3)cc(-c3ccccc3)n2)cc1. The summed E-state index contributed by atoms with van der Waals surface area (Å²) in [4.78, 5) is 4.95. The van der Waals surface area contributed by atoms with Crippen molar-refractivity contribution in [3.63, 3.8) is 0 Å². The van der Waals surface area contributed by atoms with E-state index in [1.807, 2.05) is 6.07 Å². The van der Waals surface area contributed by atoms with E-state index < -0.39 is 0 Å². The number of hydrogen-bond acceptors (Lipinski definition) is 1. The third-order valence-corrected chi connectivity index (χ3v) is 4.57. The van der Waals surface area contributed by atoms with Crippen LogP contribution in [-0.4, -0.2) is 4.98 Å². The summed E-state index contributed by atoms with van der Waals surface area (Å²) < 4.78 is 0. The zero-order valence-corrected chi connectivity index (χ0v) is 14.4. The fourth-order valence-electron chi connectivity index (χ4n) is 3.15. The molecule has 1 aromatic heterocycles. The van der Waals surface area contributed by atoms with Crippen LogP contribution >= 0.6 is 0 Å². The minimum absolute atomic E-state index is 1.02. The predicted octanol–water partition coefficient (Wildman–Crippen LogP) is 6.46. The molecule has 122 valence electrons. The van der Waals surface area contributed by atoms with Gasteiger partial charge < -0.3 is 0 Å². The minimum Gasteiger partial charge on any atom is -0.248 e. The van der Waals surface area contributed by atoms with Crippen LogP contribution in [0.15, 0.2) is 85.0 Å². The van der Waals surface area contributed by atoms with Gasteiger partial charge in [0.15, 0.2) is 0 Å². The lowest BCUT2D eigenvalue weighted by atomic mass is 9.96. The fourth-order valence-corrected chi connectivity index (χ4v) is 3.15. The molecule has 0 saturated carbocycles. The summed E-state index contributed by atoms with van der Waals surface area (Å²) in [6, 6.07) is 23.4. The van der Waals surface area contributed by atoms with Gasteiger partial charge in [-0.15, -0.1) is 0 Å². The Labute approximate surface area is 149 Å². The third-order valence-electron chi connectivity index (χ3n) is 4.57. The Kier molecular flexibility index (Phi) is 4.30. The Bertz CT molecular complexity index is 932. The van der Waals surface area contributed by atoms with Gasteiger partial charge in [0.2, 0.25) is 0 Å². The lowest BCUT2D eigenvalue weighted by Gasteiger charge is -2.12. The van der Waals surface area contributed by atoms with Crippen molar-refractivity contribution in [2.24, 2.45) is 0 Å². The lowest BCUT2D eigenvalue weighted by Crippen LogP contribution is -1.94. The van der Waals surface area contributed by atoms with Crippen LogP contribution in [0.5, 0.6) is 0 Å². The average Bonchev–Trinajstić information content (AvgIpc) is 2.69. The molecule has 3 aromatic rings. The molecule has 0 radical (unpaired) electrons. The van der Waals surface area contributed by atoms with Crippen LogP contribution in [0.3, 0.4) is 0 Å². The quantitative estimate of drug-likeness (QED) is 0.539. The van der Waals surface area contributed by atoms with Crippen molar-refractivity contribution in [2.75, 3.05) is 0 Å². The van der Waals surface area contributed by atoms with Gasteiger partial charge in [-0.2, -0.15) is 0 Å². The van der Waals surface area contributed by atoms with Crippen molar-refractivity contribution >= 4 is 5.57 Å². The van der Waals surface area contributed by atoms with Gasteiger partial charge in [-0.05, 0) is 43.0 Å². The Hall–Kier alpha value is -2.93. The molecule has 1 heteroatoms. The van der Waals surface area contributed by atoms with E-state index in [1.54, 1.807) is 0 Å². The molecule has 25 heavy (non-hydrogen) atoms. The van der Waals surface area contributed by atoms with E-state index in [9.17, 15) is 0 Å². The summed E-state index contributed by atoms with van der Waals surface area (Å²) in [6.45, 7) is 2.11. The summed E-state index contributed by atoms with van der Waals surface area (Å²) in [6.07, 6.45) is 9.04. The van der Waals surface area contributed by atoms with Crippen molar-refractivity contribution in [1.29, 1.82) is 0 Å². The van der Waals surface area contributed by atoms with Crippen molar-refractivity contribution in [3.05, 3.63) is 96.1 Å².